The molecule has 6 heteroatoms. The van der Waals surface area contributed by atoms with Gasteiger partial charge in [-0.25, -0.2) is 0 Å². The van der Waals surface area contributed by atoms with Crippen LogP contribution >= 0.6 is 0 Å². The van der Waals surface area contributed by atoms with Crippen LogP contribution in [0.2, 0.25) is 0 Å². The summed E-state index contributed by atoms with van der Waals surface area (Å²) >= 11 is 0. The van der Waals surface area contributed by atoms with Gasteiger partial charge in [-0.05, 0) is 12.8 Å². The molecule has 1 rings (SSSR count). The fourth-order valence-corrected chi connectivity index (χ4v) is 1.42. The second-order valence-corrected chi connectivity index (χ2v) is 3.64. The van der Waals surface area contributed by atoms with Crippen LogP contribution in [0.15, 0.2) is 0 Å². The Hall–Kier alpha value is -1.61. The van der Waals surface area contributed by atoms with E-state index in [0.29, 0.717) is 19.5 Å². The maximum absolute atomic E-state index is 11.5. The first-order chi connectivity index (χ1) is 7.74. The third-order valence-corrected chi connectivity index (χ3v) is 2.34. The molecule has 0 aromatic carbocycles. The van der Waals surface area contributed by atoms with Gasteiger partial charge in [-0.1, -0.05) is 0 Å². The highest BCUT2D eigenvalue weighted by Crippen LogP contribution is 1.93. The lowest BCUT2D eigenvalue weighted by atomic mass is 10.2. The van der Waals surface area contributed by atoms with Gasteiger partial charge >= 0.3 is 0 Å². The van der Waals surface area contributed by atoms with Gasteiger partial charge in [0.2, 0.25) is 11.8 Å². The van der Waals surface area contributed by atoms with Crippen LogP contribution in [0.25, 0.3) is 0 Å². The molecular weight excluding hydrogens is 208 g/mol. The summed E-state index contributed by atoms with van der Waals surface area (Å²) < 4.78 is 0. The van der Waals surface area contributed by atoms with E-state index in [-0.39, 0.29) is 24.4 Å². The summed E-state index contributed by atoms with van der Waals surface area (Å²) in [6.45, 7) is 1.10. The van der Waals surface area contributed by atoms with Gasteiger partial charge < -0.3 is 10.6 Å². The number of amides is 2. The molecule has 0 bridgehead atoms. The second kappa shape index (κ2) is 6.80. The molecule has 1 saturated heterocycles. The van der Waals surface area contributed by atoms with Crippen molar-refractivity contribution >= 4 is 11.8 Å². The number of unbranched alkanes of at least 4 members (excludes halogenated alkanes) is 2. The molecule has 1 unspecified atom stereocenters. The zero-order valence-corrected chi connectivity index (χ0v) is 9.08. The van der Waals surface area contributed by atoms with Gasteiger partial charge in [0, 0.05) is 19.5 Å². The highest BCUT2D eigenvalue weighted by atomic mass is 16.2. The fourth-order valence-electron chi connectivity index (χ4n) is 1.42. The Kier molecular flexibility index (Phi) is 5.29. The number of hydrogen-bond acceptors (Lipinski definition) is 4. The summed E-state index contributed by atoms with van der Waals surface area (Å²) in [6.07, 6.45) is 2.12. The predicted molar refractivity (Wildman–Crippen MR) is 57.3 cm³/mol. The van der Waals surface area contributed by atoms with Crippen molar-refractivity contribution in [1.29, 1.82) is 5.26 Å². The number of carbonyl (C=O) groups excluding carboxylic acids is 2. The monoisotopic (exact) mass is 224 g/mol. The van der Waals surface area contributed by atoms with E-state index >= 15 is 0 Å². The standard InChI is InChI=1S/C10H16N4O2/c11-4-2-1-3-5-12-10(16)8-6-14-9(15)7-13-8/h8,13H,1-3,5-7H2,(H,12,16)(H,14,15). The molecule has 0 aromatic rings. The first kappa shape index (κ1) is 12.5. The molecule has 1 heterocycles. The third-order valence-electron chi connectivity index (χ3n) is 2.34. The van der Waals surface area contributed by atoms with E-state index in [9.17, 15) is 9.59 Å². The first-order valence-corrected chi connectivity index (χ1v) is 5.39. The van der Waals surface area contributed by atoms with E-state index < -0.39 is 0 Å². The minimum absolute atomic E-state index is 0.0851. The SMILES string of the molecule is N#CCCCCNC(=O)C1CNC(=O)CN1. The summed E-state index contributed by atoms with van der Waals surface area (Å²) in [7, 11) is 0. The van der Waals surface area contributed by atoms with Gasteiger partial charge in [-0.2, -0.15) is 5.26 Å². The maximum Gasteiger partial charge on any atom is 0.238 e. The van der Waals surface area contributed by atoms with E-state index in [4.69, 9.17) is 5.26 Å². The summed E-state index contributed by atoms with van der Waals surface area (Å²) in [5, 5.41) is 16.5. The minimum atomic E-state index is -0.339. The van der Waals surface area contributed by atoms with Gasteiger partial charge in [0.25, 0.3) is 0 Å². The smallest absolute Gasteiger partial charge is 0.238 e. The largest absolute Gasteiger partial charge is 0.355 e. The number of nitrogens with zero attached hydrogens (tertiary/aromatic N) is 1. The summed E-state index contributed by atoms with van der Waals surface area (Å²) in [5.74, 6) is -0.185. The summed E-state index contributed by atoms with van der Waals surface area (Å²) in [6, 6.07) is 1.71. The Morgan fingerprint density at radius 1 is 1.56 bits per heavy atom. The molecule has 2 amide bonds. The topological polar surface area (TPSA) is 94.0 Å². The van der Waals surface area contributed by atoms with Gasteiger partial charge in [-0.15, -0.1) is 0 Å². The summed E-state index contributed by atoms with van der Waals surface area (Å²) in [5.41, 5.74) is 0. The van der Waals surface area contributed by atoms with E-state index in [2.05, 4.69) is 22.0 Å². The van der Waals surface area contributed by atoms with Crippen molar-refractivity contribution in [2.24, 2.45) is 0 Å². The molecule has 6 nitrogen and oxygen atoms in total. The number of nitriles is 1. The Labute approximate surface area is 94.4 Å². The molecule has 0 aliphatic carbocycles. The Bertz CT molecular complexity index is 288. The molecule has 0 aromatic heterocycles. The Morgan fingerprint density at radius 3 is 3.00 bits per heavy atom. The number of carbonyl (C=O) groups is 2. The van der Waals surface area contributed by atoms with Crippen molar-refractivity contribution in [1.82, 2.24) is 16.0 Å². The molecule has 1 fully saturated rings. The predicted octanol–water partition coefficient (Wildman–Crippen LogP) is -1.12. The molecule has 1 aliphatic rings. The fraction of sp³-hybridized carbons (Fsp3) is 0.700. The lowest BCUT2D eigenvalue weighted by molar-refractivity contribution is -0.126. The normalized spacial score (nSPS) is 19.7. The van der Waals surface area contributed by atoms with Crippen LogP contribution in [0.1, 0.15) is 19.3 Å². The highest BCUT2D eigenvalue weighted by molar-refractivity contribution is 5.86. The van der Waals surface area contributed by atoms with Crippen LogP contribution in [0.5, 0.6) is 0 Å². The first-order valence-electron chi connectivity index (χ1n) is 5.39. The summed E-state index contributed by atoms with van der Waals surface area (Å²) in [4.78, 5) is 22.4. The van der Waals surface area contributed by atoms with E-state index in [0.717, 1.165) is 12.8 Å². The van der Waals surface area contributed by atoms with Crippen LogP contribution in [0, 0.1) is 11.3 Å². The zero-order chi connectivity index (χ0) is 11.8. The highest BCUT2D eigenvalue weighted by Gasteiger charge is 2.22. The number of nitrogens with one attached hydrogen (secondary N) is 3. The Balaban J connectivity index is 2.11. The van der Waals surface area contributed by atoms with Crippen LogP contribution in [0.4, 0.5) is 0 Å². The molecule has 0 spiro atoms. The van der Waals surface area contributed by atoms with Crippen LogP contribution in [-0.2, 0) is 9.59 Å². The number of hydrogen-bond donors (Lipinski definition) is 3. The van der Waals surface area contributed by atoms with Crippen LogP contribution < -0.4 is 16.0 Å². The van der Waals surface area contributed by atoms with Crippen molar-refractivity contribution in [2.75, 3.05) is 19.6 Å². The van der Waals surface area contributed by atoms with E-state index in [1.165, 1.54) is 0 Å². The third kappa shape index (κ3) is 4.28. The zero-order valence-electron chi connectivity index (χ0n) is 9.08. The van der Waals surface area contributed by atoms with E-state index in [1.807, 2.05) is 0 Å². The van der Waals surface area contributed by atoms with E-state index in [1.54, 1.807) is 0 Å². The average Bonchev–Trinajstić information content (AvgIpc) is 2.29. The lowest BCUT2D eigenvalue weighted by Crippen LogP contribution is -2.58. The maximum atomic E-state index is 11.5. The number of rotatable bonds is 5. The Morgan fingerprint density at radius 2 is 2.38 bits per heavy atom. The molecule has 88 valence electrons. The van der Waals surface area contributed by atoms with Gasteiger partial charge in [0.05, 0.1) is 12.6 Å². The van der Waals surface area contributed by atoms with Crippen LogP contribution in [0.3, 0.4) is 0 Å². The molecule has 3 N–H and O–H groups in total. The number of piperazine rings is 1. The minimum Gasteiger partial charge on any atom is -0.355 e. The van der Waals surface area contributed by atoms with Crippen molar-refractivity contribution < 1.29 is 9.59 Å². The van der Waals surface area contributed by atoms with Crippen molar-refractivity contribution in [3.8, 4) is 6.07 Å². The molecule has 1 atom stereocenters. The van der Waals surface area contributed by atoms with Crippen molar-refractivity contribution in [3.63, 3.8) is 0 Å². The average molecular weight is 224 g/mol. The van der Waals surface area contributed by atoms with Gasteiger partial charge in [-0.3, -0.25) is 14.9 Å². The second-order valence-electron chi connectivity index (χ2n) is 3.64. The molecule has 0 saturated carbocycles. The van der Waals surface area contributed by atoms with Gasteiger partial charge in [0.1, 0.15) is 6.04 Å². The molecule has 1 aliphatic heterocycles. The van der Waals surface area contributed by atoms with Gasteiger partial charge in [0.15, 0.2) is 0 Å². The lowest BCUT2D eigenvalue weighted by Gasteiger charge is -2.23. The van der Waals surface area contributed by atoms with Crippen LogP contribution in [-0.4, -0.2) is 37.5 Å². The van der Waals surface area contributed by atoms with Crippen molar-refractivity contribution in [3.05, 3.63) is 0 Å². The quantitative estimate of drug-likeness (QED) is 0.516. The van der Waals surface area contributed by atoms with Crippen molar-refractivity contribution in [2.45, 2.75) is 25.3 Å². The molecule has 16 heavy (non-hydrogen) atoms. The molecule has 0 radical (unpaired) electrons. The molecular formula is C10H16N4O2.